The number of nitrogens with zero attached hydrogens (tertiary/aromatic N) is 1. The Labute approximate surface area is 209 Å². The number of benzene rings is 1. The van der Waals surface area contributed by atoms with Gasteiger partial charge in [-0.15, -0.1) is 6.42 Å². The molecule has 5 heteroatoms. The van der Waals surface area contributed by atoms with Gasteiger partial charge in [-0.25, -0.2) is 0 Å². The van der Waals surface area contributed by atoms with Crippen LogP contribution in [-0.2, 0) is 9.59 Å². The highest BCUT2D eigenvalue weighted by Crippen LogP contribution is 2.54. The average molecular weight is 476 g/mol. The molecular weight excluding hydrogens is 438 g/mol. The lowest BCUT2D eigenvalue weighted by Crippen LogP contribution is -2.44. The molecule has 186 valence electrons. The molecule has 0 saturated carbocycles. The van der Waals surface area contributed by atoms with Gasteiger partial charge in [-0.1, -0.05) is 39.7 Å². The number of ether oxygens (including phenoxy) is 2. The first-order valence-corrected chi connectivity index (χ1v) is 12.6. The monoisotopic (exact) mass is 475 g/mol. The molecule has 0 saturated heterocycles. The summed E-state index contributed by atoms with van der Waals surface area (Å²) in [7, 11) is 0. The van der Waals surface area contributed by atoms with E-state index in [1.807, 2.05) is 25.1 Å². The van der Waals surface area contributed by atoms with Crippen LogP contribution in [0.4, 0.5) is 0 Å². The van der Waals surface area contributed by atoms with E-state index in [1.165, 1.54) is 0 Å². The molecule has 0 amide bonds. The van der Waals surface area contributed by atoms with Crippen molar-refractivity contribution in [3.8, 4) is 23.8 Å². The predicted octanol–water partition coefficient (Wildman–Crippen LogP) is 5.80. The van der Waals surface area contributed by atoms with Crippen LogP contribution in [0.25, 0.3) is 0 Å². The van der Waals surface area contributed by atoms with E-state index in [4.69, 9.17) is 15.9 Å². The summed E-state index contributed by atoms with van der Waals surface area (Å²) in [4.78, 5) is 29.7. The van der Waals surface area contributed by atoms with Crippen LogP contribution in [0.5, 0.6) is 11.5 Å². The summed E-state index contributed by atoms with van der Waals surface area (Å²) in [5.41, 5.74) is 4.35. The first-order valence-electron chi connectivity index (χ1n) is 12.6. The normalized spacial score (nSPS) is 21.5. The van der Waals surface area contributed by atoms with Gasteiger partial charge in [0.25, 0.3) is 0 Å². The van der Waals surface area contributed by atoms with Crippen LogP contribution in [0.2, 0.25) is 0 Å². The molecule has 0 fully saturated rings. The summed E-state index contributed by atoms with van der Waals surface area (Å²) in [6.07, 6.45) is 7.96. The summed E-state index contributed by atoms with van der Waals surface area (Å²) in [6, 6.07) is 5.73. The van der Waals surface area contributed by atoms with E-state index in [1.54, 1.807) is 0 Å². The van der Waals surface area contributed by atoms with Crippen molar-refractivity contribution in [2.24, 2.45) is 10.8 Å². The van der Waals surface area contributed by atoms with Gasteiger partial charge in [-0.3, -0.25) is 9.59 Å². The summed E-state index contributed by atoms with van der Waals surface area (Å²) in [5, 5.41) is 0. The van der Waals surface area contributed by atoms with Gasteiger partial charge < -0.3 is 14.4 Å². The molecule has 1 aliphatic heterocycles. The van der Waals surface area contributed by atoms with Crippen LogP contribution >= 0.6 is 0 Å². The molecule has 0 radical (unpaired) electrons. The fourth-order valence-electron chi connectivity index (χ4n) is 5.97. The number of rotatable bonds is 6. The molecule has 1 aromatic rings. The largest absolute Gasteiger partial charge is 0.490 e. The number of hydrogen-bond donors (Lipinski definition) is 0. The third kappa shape index (κ3) is 4.63. The Morgan fingerprint density at radius 1 is 0.914 bits per heavy atom. The number of terminal acetylenes is 1. The minimum absolute atomic E-state index is 0.121. The molecule has 2 aliphatic carbocycles. The smallest absolute Gasteiger partial charge is 0.162 e. The topological polar surface area (TPSA) is 55.8 Å². The number of carbonyl (C=O) groups excluding carboxylic acids is 2. The lowest BCUT2D eigenvalue weighted by molar-refractivity contribution is -0.119. The third-order valence-electron chi connectivity index (χ3n) is 7.25. The molecule has 0 N–H and O–H groups in total. The maximum absolute atomic E-state index is 13.7. The maximum Gasteiger partial charge on any atom is 0.162 e. The van der Waals surface area contributed by atoms with Gasteiger partial charge >= 0.3 is 0 Å². The maximum atomic E-state index is 13.7. The highest BCUT2D eigenvalue weighted by atomic mass is 16.5. The number of Topliss-reactive ketones (excluding diaryl/α,β-unsaturated/α-hetero) is 2. The molecule has 0 atom stereocenters. The van der Waals surface area contributed by atoms with Crippen molar-refractivity contribution in [3.05, 3.63) is 46.3 Å². The fraction of sp³-hybridized carbons (Fsp3) is 0.533. The van der Waals surface area contributed by atoms with E-state index in [0.717, 1.165) is 47.5 Å². The molecule has 3 aliphatic rings. The number of ketones is 2. The zero-order valence-electron chi connectivity index (χ0n) is 21.9. The molecule has 1 heterocycles. The highest BCUT2D eigenvalue weighted by molar-refractivity contribution is 6.06. The second-order valence-electron chi connectivity index (χ2n) is 11.4. The second kappa shape index (κ2) is 9.22. The first kappa shape index (κ1) is 25.1. The first-order chi connectivity index (χ1) is 16.5. The molecule has 1 aromatic carbocycles. The van der Waals surface area contributed by atoms with Crippen molar-refractivity contribution in [2.75, 3.05) is 19.8 Å². The van der Waals surface area contributed by atoms with E-state index < -0.39 is 5.92 Å². The van der Waals surface area contributed by atoms with Crippen LogP contribution in [0, 0.1) is 23.2 Å². The Hall–Kier alpha value is -3.00. The third-order valence-corrected chi connectivity index (χ3v) is 7.25. The Morgan fingerprint density at radius 3 is 1.97 bits per heavy atom. The van der Waals surface area contributed by atoms with Crippen molar-refractivity contribution in [1.29, 1.82) is 0 Å². The molecule has 0 spiro atoms. The van der Waals surface area contributed by atoms with Crippen LogP contribution in [0.1, 0.15) is 78.7 Å². The van der Waals surface area contributed by atoms with E-state index in [2.05, 4.69) is 45.4 Å². The van der Waals surface area contributed by atoms with E-state index in [9.17, 15) is 9.59 Å². The lowest BCUT2D eigenvalue weighted by atomic mass is 9.63. The lowest BCUT2D eigenvalue weighted by Gasteiger charge is -2.48. The van der Waals surface area contributed by atoms with Crippen molar-refractivity contribution >= 4 is 11.6 Å². The van der Waals surface area contributed by atoms with Crippen LogP contribution in [0.3, 0.4) is 0 Å². The molecule has 0 aromatic heterocycles. The predicted molar refractivity (Wildman–Crippen MR) is 137 cm³/mol. The van der Waals surface area contributed by atoms with Crippen molar-refractivity contribution < 1.29 is 19.1 Å². The second-order valence-corrected chi connectivity index (χ2v) is 11.4. The van der Waals surface area contributed by atoms with E-state index in [0.29, 0.717) is 30.9 Å². The molecule has 4 rings (SSSR count). The SMILES string of the molecule is C#CCOc1ccc(C2C3=C(CC(C)(C)CC3=O)N(CC)C3=C2C(=O)CC(C)(C)C3)cc1OCC. The van der Waals surface area contributed by atoms with Gasteiger partial charge in [-0.05, 0) is 55.2 Å². The van der Waals surface area contributed by atoms with Crippen LogP contribution < -0.4 is 9.47 Å². The summed E-state index contributed by atoms with van der Waals surface area (Å²) in [6.45, 7) is 14.0. The van der Waals surface area contributed by atoms with Crippen LogP contribution in [0.15, 0.2) is 40.7 Å². The van der Waals surface area contributed by atoms with Gasteiger partial charge in [0.05, 0.1) is 6.61 Å². The van der Waals surface area contributed by atoms with Crippen molar-refractivity contribution in [1.82, 2.24) is 4.90 Å². The summed E-state index contributed by atoms with van der Waals surface area (Å²) >= 11 is 0. The van der Waals surface area contributed by atoms with Gasteiger partial charge in [0.1, 0.15) is 6.61 Å². The van der Waals surface area contributed by atoms with Gasteiger partial charge in [0.15, 0.2) is 23.1 Å². The molecule has 0 bridgehead atoms. The zero-order chi connectivity index (χ0) is 25.5. The molecular formula is C30H37NO4. The number of hydrogen-bond acceptors (Lipinski definition) is 5. The summed E-state index contributed by atoms with van der Waals surface area (Å²) in [5.74, 6) is 3.51. The van der Waals surface area contributed by atoms with Crippen molar-refractivity contribution in [2.45, 2.75) is 73.1 Å². The highest BCUT2D eigenvalue weighted by Gasteiger charge is 2.48. The minimum Gasteiger partial charge on any atom is -0.490 e. The van der Waals surface area contributed by atoms with Gasteiger partial charge in [0.2, 0.25) is 0 Å². The summed E-state index contributed by atoms with van der Waals surface area (Å²) < 4.78 is 11.6. The van der Waals surface area contributed by atoms with Crippen molar-refractivity contribution in [3.63, 3.8) is 0 Å². The molecule has 0 unspecified atom stereocenters. The fourth-order valence-corrected chi connectivity index (χ4v) is 5.97. The minimum atomic E-state index is -0.393. The quantitative estimate of drug-likeness (QED) is 0.487. The molecule has 35 heavy (non-hydrogen) atoms. The molecule has 5 nitrogen and oxygen atoms in total. The number of allylic oxidation sites excluding steroid dienone is 4. The van der Waals surface area contributed by atoms with Crippen LogP contribution in [-0.4, -0.2) is 36.2 Å². The Bertz CT molecular complexity index is 1110. The Kier molecular flexibility index (Phi) is 6.62. The van der Waals surface area contributed by atoms with E-state index >= 15 is 0 Å². The standard InChI is InChI=1S/C30H37NO4/c1-8-13-35-24-12-11-19(14-25(24)34-10-3)26-27-20(15-29(4,5)17-22(27)32)31(9-2)21-16-30(6,7)18-23(33)28(21)26/h1,11-12,14,26H,9-10,13,15-18H2,2-7H3. The average Bonchev–Trinajstić information content (AvgIpc) is 2.75. The Morgan fingerprint density at radius 2 is 1.49 bits per heavy atom. The Balaban J connectivity index is 1.95. The van der Waals surface area contributed by atoms with E-state index in [-0.39, 0.29) is 29.0 Å². The van der Waals surface area contributed by atoms with Gasteiger partial charge in [0, 0.05) is 47.8 Å². The zero-order valence-corrected chi connectivity index (χ0v) is 21.9. The van der Waals surface area contributed by atoms with Gasteiger partial charge in [-0.2, -0.15) is 0 Å². The number of carbonyl (C=O) groups is 2.